The van der Waals surface area contributed by atoms with Crippen LogP contribution < -0.4 is 4.90 Å². The molecule has 5 nitrogen and oxygen atoms in total. The zero-order valence-corrected chi connectivity index (χ0v) is 14.9. The summed E-state index contributed by atoms with van der Waals surface area (Å²) in [6.07, 6.45) is -5.39. The zero-order valence-electron chi connectivity index (χ0n) is 14.9. The molecule has 1 aromatic carbocycles. The molecule has 0 unspecified atom stereocenters. The number of halogens is 6. The van der Waals surface area contributed by atoms with Gasteiger partial charge in [0, 0.05) is 12.4 Å². The third kappa shape index (κ3) is 3.53. The van der Waals surface area contributed by atoms with Gasteiger partial charge in [0.25, 0.3) is 0 Å². The van der Waals surface area contributed by atoms with Gasteiger partial charge in [-0.2, -0.15) is 36.0 Å². The second-order valence-electron chi connectivity index (χ2n) is 6.17. The number of nitrogens with zero attached hydrogens (tertiary/aromatic N) is 5. The molecule has 0 N–H and O–H groups in total. The predicted molar refractivity (Wildman–Crippen MR) is 95.5 cm³/mol. The number of imidazole rings is 1. The molecule has 0 radical (unpaired) electrons. The number of aromatic nitrogens is 4. The molecule has 0 amide bonds. The van der Waals surface area contributed by atoms with E-state index < -0.39 is 29.3 Å². The Kier molecular flexibility index (Phi) is 4.60. The molecular weight excluding hydrogens is 412 g/mol. The van der Waals surface area contributed by atoms with E-state index in [2.05, 4.69) is 15.1 Å². The summed E-state index contributed by atoms with van der Waals surface area (Å²) in [5.41, 5.74) is -1.52. The van der Waals surface area contributed by atoms with Crippen molar-refractivity contribution in [2.45, 2.75) is 12.4 Å². The van der Waals surface area contributed by atoms with Crippen molar-refractivity contribution in [1.29, 1.82) is 0 Å². The summed E-state index contributed by atoms with van der Waals surface area (Å²) in [5.74, 6) is -0.600. The number of alkyl halides is 6. The molecule has 0 spiro atoms. The Morgan fingerprint density at radius 1 is 0.767 bits per heavy atom. The highest BCUT2D eigenvalue weighted by Crippen LogP contribution is 2.41. The van der Waals surface area contributed by atoms with Crippen LogP contribution in [0.15, 0.2) is 67.1 Å². The summed E-state index contributed by atoms with van der Waals surface area (Å²) in [5, 5.41) is 4.09. The van der Waals surface area contributed by atoms with Crippen molar-refractivity contribution in [3.05, 3.63) is 78.2 Å². The maximum Gasteiger partial charge on any atom is 0.419 e. The van der Waals surface area contributed by atoms with Crippen LogP contribution in [0, 0.1) is 0 Å². The molecule has 154 valence electrons. The normalized spacial score (nSPS) is 12.3. The van der Waals surface area contributed by atoms with Crippen molar-refractivity contribution in [2.75, 3.05) is 4.90 Å². The first-order valence-electron chi connectivity index (χ1n) is 8.44. The highest BCUT2D eigenvalue weighted by molar-refractivity contribution is 5.74. The molecule has 0 bridgehead atoms. The van der Waals surface area contributed by atoms with E-state index in [1.807, 2.05) is 0 Å². The Bertz CT molecular complexity index is 1180. The summed E-state index contributed by atoms with van der Waals surface area (Å²) in [7, 11) is 0. The van der Waals surface area contributed by atoms with Crippen LogP contribution in [0.1, 0.15) is 11.1 Å². The van der Waals surface area contributed by atoms with Gasteiger partial charge in [0.15, 0.2) is 5.82 Å². The van der Waals surface area contributed by atoms with Gasteiger partial charge in [0.1, 0.15) is 0 Å². The minimum atomic E-state index is -4.76. The third-order valence-corrected chi connectivity index (χ3v) is 4.24. The summed E-state index contributed by atoms with van der Waals surface area (Å²) in [4.78, 5) is 9.01. The van der Waals surface area contributed by atoms with Crippen LogP contribution in [-0.2, 0) is 12.4 Å². The molecule has 4 aromatic rings. The van der Waals surface area contributed by atoms with Crippen LogP contribution >= 0.6 is 0 Å². The van der Waals surface area contributed by atoms with Crippen LogP contribution in [0.2, 0.25) is 0 Å². The third-order valence-electron chi connectivity index (χ3n) is 4.24. The van der Waals surface area contributed by atoms with Gasteiger partial charge < -0.3 is 0 Å². The maximum absolute atomic E-state index is 13.6. The van der Waals surface area contributed by atoms with Crippen LogP contribution in [0.25, 0.3) is 5.52 Å². The molecule has 4 rings (SSSR count). The van der Waals surface area contributed by atoms with Gasteiger partial charge in [-0.3, -0.25) is 4.90 Å². The Labute approximate surface area is 165 Å². The molecule has 0 fully saturated rings. The molecule has 0 saturated carbocycles. The van der Waals surface area contributed by atoms with Gasteiger partial charge >= 0.3 is 12.4 Å². The smallest absolute Gasteiger partial charge is 0.262 e. The summed E-state index contributed by atoms with van der Waals surface area (Å²) in [6.45, 7) is 0. The minimum absolute atomic E-state index is 0.00496. The molecule has 11 heteroatoms. The van der Waals surface area contributed by atoms with E-state index in [9.17, 15) is 26.3 Å². The molecule has 30 heavy (non-hydrogen) atoms. The standard InChI is InChI=1S/C19H11F6N5/c20-18(21,22)12-5-7-13(8-6-12)29(16-15(19(23,24)25)4-2-9-26-16)17-27-11-14-3-1-10-28-30(14)17/h1-11H. The average molecular weight is 423 g/mol. The minimum Gasteiger partial charge on any atom is -0.262 e. The lowest BCUT2D eigenvalue weighted by atomic mass is 10.1. The topological polar surface area (TPSA) is 46.3 Å². The Hall–Kier alpha value is -3.63. The molecule has 3 aromatic heterocycles. The SMILES string of the molecule is FC(F)(F)c1ccc(N(c2ncccc2C(F)(F)F)c2ncc3cccnn23)cc1. The van der Waals surface area contributed by atoms with E-state index in [-0.39, 0.29) is 11.6 Å². The second kappa shape index (κ2) is 7.01. The summed E-state index contributed by atoms with van der Waals surface area (Å²) < 4.78 is 81.0. The molecule has 0 atom stereocenters. The largest absolute Gasteiger partial charge is 0.419 e. The maximum atomic E-state index is 13.6. The van der Waals surface area contributed by atoms with Crippen LogP contribution in [-0.4, -0.2) is 19.6 Å². The predicted octanol–water partition coefficient (Wildman–Crippen LogP) is 5.63. The first-order chi connectivity index (χ1) is 14.2. The fourth-order valence-corrected chi connectivity index (χ4v) is 2.91. The van der Waals surface area contributed by atoms with E-state index >= 15 is 0 Å². The van der Waals surface area contributed by atoms with E-state index in [0.717, 1.165) is 47.5 Å². The van der Waals surface area contributed by atoms with Crippen LogP contribution in [0.4, 0.5) is 43.8 Å². The van der Waals surface area contributed by atoms with Gasteiger partial charge in [-0.25, -0.2) is 9.97 Å². The van der Waals surface area contributed by atoms with E-state index in [4.69, 9.17) is 0 Å². The van der Waals surface area contributed by atoms with Crippen LogP contribution in [0.5, 0.6) is 0 Å². The molecule has 3 heterocycles. The van der Waals surface area contributed by atoms with E-state index in [1.165, 1.54) is 16.9 Å². The van der Waals surface area contributed by atoms with Gasteiger partial charge in [0.2, 0.25) is 5.95 Å². The number of rotatable bonds is 3. The first kappa shape index (κ1) is 19.7. The highest BCUT2D eigenvalue weighted by Gasteiger charge is 2.37. The summed E-state index contributed by atoms with van der Waals surface area (Å²) in [6, 6.07) is 8.89. The van der Waals surface area contributed by atoms with Gasteiger partial charge in [0.05, 0.1) is 28.5 Å². The van der Waals surface area contributed by atoms with E-state index in [1.54, 1.807) is 12.1 Å². The first-order valence-corrected chi connectivity index (χ1v) is 8.44. The Balaban J connectivity index is 1.96. The lowest BCUT2D eigenvalue weighted by molar-refractivity contribution is -0.138. The molecular formula is C19H11F6N5. The fraction of sp³-hybridized carbons (Fsp3) is 0.105. The van der Waals surface area contributed by atoms with Crippen molar-refractivity contribution in [3.63, 3.8) is 0 Å². The quantitative estimate of drug-likeness (QED) is 0.401. The van der Waals surface area contributed by atoms with Gasteiger partial charge in [-0.15, -0.1) is 0 Å². The van der Waals surface area contributed by atoms with Crippen molar-refractivity contribution in [1.82, 2.24) is 19.6 Å². The molecule has 0 aliphatic heterocycles. The van der Waals surface area contributed by atoms with Crippen molar-refractivity contribution in [2.24, 2.45) is 0 Å². The second-order valence-corrected chi connectivity index (χ2v) is 6.17. The number of anilines is 3. The fourth-order valence-electron chi connectivity index (χ4n) is 2.91. The average Bonchev–Trinajstić information content (AvgIpc) is 3.12. The zero-order chi connectivity index (χ0) is 21.5. The molecule has 0 aliphatic carbocycles. The summed E-state index contributed by atoms with van der Waals surface area (Å²) >= 11 is 0. The Morgan fingerprint density at radius 3 is 2.13 bits per heavy atom. The number of benzene rings is 1. The lowest BCUT2D eigenvalue weighted by Gasteiger charge is -2.25. The van der Waals surface area contributed by atoms with Crippen molar-refractivity contribution < 1.29 is 26.3 Å². The number of hydrogen-bond donors (Lipinski definition) is 0. The van der Waals surface area contributed by atoms with E-state index in [0.29, 0.717) is 5.52 Å². The van der Waals surface area contributed by atoms with Crippen LogP contribution in [0.3, 0.4) is 0 Å². The number of pyridine rings is 1. The molecule has 0 saturated heterocycles. The number of fused-ring (bicyclic) bond motifs is 1. The highest BCUT2D eigenvalue weighted by atomic mass is 19.4. The molecule has 0 aliphatic rings. The van der Waals surface area contributed by atoms with Crippen molar-refractivity contribution in [3.8, 4) is 0 Å². The van der Waals surface area contributed by atoms with Gasteiger partial charge in [-0.05, 0) is 48.5 Å². The van der Waals surface area contributed by atoms with Gasteiger partial charge in [-0.1, -0.05) is 0 Å². The number of hydrogen-bond acceptors (Lipinski definition) is 4. The lowest BCUT2D eigenvalue weighted by Crippen LogP contribution is -2.20. The Morgan fingerprint density at radius 2 is 1.47 bits per heavy atom. The monoisotopic (exact) mass is 423 g/mol. The van der Waals surface area contributed by atoms with Crippen molar-refractivity contribution >= 4 is 23.0 Å².